The molecule has 0 aliphatic rings. The summed E-state index contributed by atoms with van der Waals surface area (Å²) in [4.78, 5) is 13.0. The molecule has 8 heteroatoms. The number of ether oxygens (including phenoxy) is 1. The molecular formula is C24H25ClN2O4S. The Hall–Kier alpha value is -2.87. The number of carbonyl (C=O) groups is 1. The van der Waals surface area contributed by atoms with Crippen LogP contribution in [0.3, 0.4) is 0 Å². The van der Waals surface area contributed by atoms with Crippen molar-refractivity contribution in [1.29, 1.82) is 0 Å². The number of nitrogens with zero attached hydrogens (tertiary/aromatic N) is 1. The summed E-state index contributed by atoms with van der Waals surface area (Å²) in [5.41, 5.74) is 1.92. The Morgan fingerprint density at radius 1 is 1.06 bits per heavy atom. The van der Waals surface area contributed by atoms with Gasteiger partial charge in [-0.3, -0.25) is 4.79 Å². The lowest BCUT2D eigenvalue weighted by Crippen LogP contribution is -2.28. The summed E-state index contributed by atoms with van der Waals surface area (Å²) >= 11 is 5.93. The number of sulfonamides is 1. The van der Waals surface area contributed by atoms with Gasteiger partial charge in [0.25, 0.3) is 5.91 Å². The number of hydrogen-bond donors (Lipinski definition) is 1. The van der Waals surface area contributed by atoms with Crippen molar-refractivity contribution in [2.24, 2.45) is 0 Å². The third-order valence-corrected chi connectivity index (χ3v) is 7.17. The van der Waals surface area contributed by atoms with E-state index in [4.69, 9.17) is 16.3 Å². The number of benzene rings is 3. The minimum atomic E-state index is -3.69. The fourth-order valence-corrected chi connectivity index (χ4v) is 4.55. The van der Waals surface area contributed by atoms with E-state index in [1.54, 1.807) is 60.7 Å². The molecule has 0 heterocycles. The summed E-state index contributed by atoms with van der Waals surface area (Å²) in [6, 6.07) is 20.2. The monoisotopic (exact) mass is 472 g/mol. The standard InChI is InChI=1S/C24H25ClN2O4S/c1-17(18-9-12-21(25)13-10-18)26-24(28)19-11-14-23(31-3)20(15-19)16-27(2)32(29,30)22-7-5-4-6-8-22/h4-15,17H,16H2,1-3H3,(H,26,28). The summed E-state index contributed by atoms with van der Waals surface area (Å²) in [5.74, 6) is 0.229. The lowest BCUT2D eigenvalue weighted by Gasteiger charge is -2.20. The van der Waals surface area contributed by atoms with Gasteiger partial charge in [0.2, 0.25) is 10.0 Å². The highest BCUT2D eigenvalue weighted by molar-refractivity contribution is 7.89. The Balaban J connectivity index is 1.80. The van der Waals surface area contributed by atoms with E-state index < -0.39 is 10.0 Å². The Morgan fingerprint density at radius 2 is 1.72 bits per heavy atom. The van der Waals surface area contributed by atoms with E-state index in [0.717, 1.165) is 5.56 Å². The van der Waals surface area contributed by atoms with Gasteiger partial charge >= 0.3 is 0 Å². The fourth-order valence-electron chi connectivity index (χ4n) is 3.26. The molecule has 0 spiro atoms. The molecule has 1 unspecified atom stereocenters. The van der Waals surface area contributed by atoms with Crippen LogP contribution in [0.4, 0.5) is 0 Å². The number of hydrogen-bond acceptors (Lipinski definition) is 4. The molecule has 0 saturated carbocycles. The van der Waals surface area contributed by atoms with Gasteiger partial charge in [-0.2, -0.15) is 4.31 Å². The summed E-state index contributed by atoms with van der Waals surface area (Å²) < 4.78 is 32.4. The molecule has 3 rings (SSSR count). The zero-order valence-corrected chi connectivity index (χ0v) is 19.7. The molecule has 0 fully saturated rings. The molecule has 0 bridgehead atoms. The van der Waals surface area contributed by atoms with Crippen LogP contribution >= 0.6 is 11.6 Å². The smallest absolute Gasteiger partial charge is 0.251 e. The average Bonchev–Trinajstić information content (AvgIpc) is 2.79. The van der Waals surface area contributed by atoms with Crippen LogP contribution in [0, 0.1) is 0 Å². The molecular weight excluding hydrogens is 448 g/mol. The maximum atomic E-state index is 12.9. The molecule has 168 valence electrons. The summed E-state index contributed by atoms with van der Waals surface area (Å²) in [6.07, 6.45) is 0. The average molecular weight is 473 g/mol. The van der Waals surface area contributed by atoms with Crippen molar-refractivity contribution in [2.75, 3.05) is 14.2 Å². The van der Waals surface area contributed by atoms with E-state index in [9.17, 15) is 13.2 Å². The first-order chi connectivity index (χ1) is 15.2. The minimum absolute atomic E-state index is 0.0499. The van der Waals surface area contributed by atoms with E-state index in [0.29, 0.717) is 21.9 Å². The van der Waals surface area contributed by atoms with Crippen LogP contribution in [0.5, 0.6) is 5.75 Å². The maximum Gasteiger partial charge on any atom is 0.251 e. The van der Waals surface area contributed by atoms with Crippen molar-refractivity contribution in [1.82, 2.24) is 9.62 Å². The molecule has 1 atom stereocenters. The fraction of sp³-hybridized carbons (Fsp3) is 0.208. The van der Waals surface area contributed by atoms with Gasteiger partial charge in [-0.05, 0) is 55.0 Å². The molecule has 3 aromatic rings. The number of methoxy groups -OCH3 is 1. The summed E-state index contributed by atoms with van der Waals surface area (Å²) in [5, 5.41) is 3.58. The highest BCUT2D eigenvalue weighted by Gasteiger charge is 2.22. The lowest BCUT2D eigenvalue weighted by molar-refractivity contribution is 0.0939. The van der Waals surface area contributed by atoms with Gasteiger partial charge in [-0.1, -0.05) is 41.9 Å². The lowest BCUT2D eigenvalue weighted by atomic mass is 10.1. The number of amides is 1. The van der Waals surface area contributed by atoms with Gasteiger partial charge in [-0.15, -0.1) is 0 Å². The molecule has 1 amide bonds. The molecule has 6 nitrogen and oxygen atoms in total. The molecule has 1 N–H and O–H groups in total. The largest absolute Gasteiger partial charge is 0.496 e. The second-order valence-corrected chi connectivity index (χ2v) is 9.83. The third kappa shape index (κ3) is 5.48. The van der Waals surface area contributed by atoms with Crippen molar-refractivity contribution in [3.63, 3.8) is 0 Å². The van der Waals surface area contributed by atoms with Gasteiger partial charge in [0, 0.05) is 29.7 Å². The molecule has 0 radical (unpaired) electrons. The first kappa shape index (κ1) is 23.8. The van der Waals surface area contributed by atoms with Crippen molar-refractivity contribution < 1.29 is 17.9 Å². The van der Waals surface area contributed by atoms with Crippen molar-refractivity contribution in [3.8, 4) is 5.75 Å². The van der Waals surface area contributed by atoms with E-state index in [1.165, 1.54) is 18.5 Å². The van der Waals surface area contributed by atoms with Crippen LogP contribution in [-0.2, 0) is 16.6 Å². The Labute approximate surface area is 193 Å². The molecule has 0 saturated heterocycles. The topological polar surface area (TPSA) is 75.7 Å². The molecule has 3 aromatic carbocycles. The zero-order chi connectivity index (χ0) is 23.3. The predicted octanol–water partition coefficient (Wildman–Crippen LogP) is 4.66. The van der Waals surface area contributed by atoms with Crippen LogP contribution in [-0.4, -0.2) is 32.8 Å². The maximum absolute atomic E-state index is 12.9. The van der Waals surface area contributed by atoms with Crippen LogP contribution < -0.4 is 10.1 Å². The Bertz CT molecular complexity index is 1180. The van der Waals surface area contributed by atoms with E-state index in [2.05, 4.69) is 5.32 Å². The zero-order valence-electron chi connectivity index (χ0n) is 18.1. The van der Waals surface area contributed by atoms with E-state index >= 15 is 0 Å². The van der Waals surface area contributed by atoms with Gasteiger partial charge in [0.05, 0.1) is 18.0 Å². The van der Waals surface area contributed by atoms with E-state index in [-0.39, 0.29) is 23.4 Å². The van der Waals surface area contributed by atoms with Crippen LogP contribution in [0.25, 0.3) is 0 Å². The van der Waals surface area contributed by atoms with E-state index in [1.807, 2.05) is 19.1 Å². The highest BCUT2D eigenvalue weighted by atomic mass is 35.5. The summed E-state index contributed by atoms with van der Waals surface area (Å²) in [7, 11) is -0.683. The highest BCUT2D eigenvalue weighted by Crippen LogP contribution is 2.25. The van der Waals surface area contributed by atoms with Crippen molar-refractivity contribution in [3.05, 3.63) is 94.5 Å². The molecule has 0 aliphatic carbocycles. The van der Waals surface area contributed by atoms with Gasteiger partial charge in [0.15, 0.2) is 0 Å². The first-order valence-electron chi connectivity index (χ1n) is 9.97. The second-order valence-electron chi connectivity index (χ2n) is 7.35. The molecule has 0 aromatic heterocycles. The van der Waals surface area contributed by atoms with Crippen molar-refractivity contribution in [2.45, 2.75) is 24.4 Å². The Kier molecular flexibility index (Phi) is 7.56. The number of nitrogens with one attached hydrogen (secondary N) is 1. The second kappa shape index (κ2) is 10.2. The van der Waals surface area contributed by atoms with Crippen LogP contribution in [0.15, 0.2) is 77.7 Å². The van der Waals surface area contributed by atoms with Crippen molar-refractivity contribution >= 4 is 27.5 Å². The van der Waals surface area contributed by atoms with Gasteiger partial charge in [0.1, 0.15) is 5.75 Å². The number of rotatable bonds is 8. The van der Waals surface area contributed by atoms with Gasteiger partial charge in [-0.25, -0.2) is 8.42 Å². The summed E-state index contributed by atoms with van der Waals surface area (Å²) in [6.45, 7) is 1.93. The third-order valence-electron chi connectivity index (χ3n) is 5.10. The predicted molar refractivity (Wildman–Crippen MR) is 125 cm³/mol. The van der Waals surface area contributed by atoms with Crippen LogP contribution in [0.1, 0.15) is 34.5 Å². The SMILES string of the molecule is COc1ccc(C(=O)NC(C)c2ccc(Cl)cc2)cc1CN(C)S(=O)(=O)c1ccccc1. The quantitative estimate of drug-likeness (QED) is 0.517. The first-order valence-corrected chi connectivity index (χ1v) is 11.8. The molecule has 0 aliphatic heterocycles. The minimum Gasteiger partial charge on any atom is -0.496 e. The number of halogens is 1. The van der Waals surface area contributed by atoms with Crippen LogP contribution in [0.2, 0.25) is 5.02 Å². The normalized spacial score (nSPS) is 12.4. The Morgan fingerprint density at radius 3 is 2.34 bits per heavy atom. The van der Waals surface area contributed by atoms with Gasteiger partial charge < -0.3 is 10.1 Å². The number of carbonyl (C=O) groups excluding carboxylic acids is 1. The molecule has 32 heavy (non-hydrogen) atoms.